The normalized spacial score (nSPS) is 14.7. The molecule has 13 heteroatoms. The number of hydrogen-bond donors (Lipinski definition) is 0. The summed E-state index contributed by atoms with van der Waals surface area (Å²) in [4.78, 5) is 14.0. The minimum Gasteiger partial charge on any atom is -0.486 e. The number of benzene rings is 2. The summed E-state index contributed by atoms with van der Waals surface area (Å²) in [7, 11) is 1.76. The number of rotatable bonds is 6. The van der Waals surface area contributed by atoms with Crippen LogP contribution in [0, 0.1) is 0 Å². The van der Waals surface area contributed by atoms with Gasteiger partial charge >= 0.3 is 12.3 Å². The number of alkyl halides is 3. The summed E-state index contributed by atoms with van der Waals surface area (Å²) in [6.45, 7) is 6.59. The van der Waals surface area contributed by atoms with E-state index < -0.39 is 17.3 Å². The molecule has 0 atom stereocenters. The average Bonchev–Trinajstić information content (AvgIpc) is 3.58. The van der Waals surface area contributed by atoms with Crippen LogP contribution in [0.4, 0.5) is 18.0 Å². The third kappa shape index (κ3) is 6.72. The Kier molecular flexibility index (Phi) is 7.93. The maximum atomic E-state index is 13.0. The van der Waals surface area contributed by atoms with E-state index in [4.69, 9.17) is 13.9 Å². The second kappa shape index (κ2) is 11.5. The molecule has 1 amide bonds. The van der Waals surface area contributed by atoms with E-state index in [0.29, 0.717) is 49.4 Å². The molecule has 1 aliphatic heterocycles. The Bertz CT molecular complexity index is 1530. The zero-order valence-corrected chi connectivity index (χ0v) is 23.7. The van der Waals surface area contributed by atoms with Crippen molar-refractivity contribution in [2.24, 2.45) is 7.05 Å². The van der Waals surface area contributed by atoms with Crippen LogP contribution in [0.3, 0.4) is 0 Å². The van der Waals surface area contributed by atoms with Gasteiger partial charge in [0.05, 0.1) is 5.56 Å². The zero-order chi connectivity index (χ0) is 30.1. The molecule has 0 spiro atoms. The molecule has 5 rings (SSSR count). The lowest BCUT2D eigenvalue weighted by Gasteiger charge is -2.32. The summed E-state index contributed by atoms with van der Waals surface area (Å²) in [6.07, 6.45) is -3.37. The topological polar surface area (TPSA) is 108 Å². The van der Waals surface area contributed by atoms with Crippen molar-refractivity contribution in [3.8, 4) is 28.6 Å². The molecule has 1 fully saturated rings. The van der Waals surface area contributed by atoms with E-state index in [9.17, 15) is 18.0 Å². The minimum absolute atomic E-state index is 0.0512. The maximum Gasteiger partial charge on any atom is 0.416 e. The highest BCUT2D eigenvalue weighted by Crippen LogP contribution is 2.32. The molecule has 42 heavy (non-hydrogen) atoms. The van der Waals surface area contributed by atoms with Crippen LogP contribution in [0.25, 0.3) is 22.8 Å². The van der Waals surface area contributed by atoms with Gasteiger partial charge in [0, 0.05) is 37.2 Å². The van der Waals surface area contributed by atoms with E-state index in [-0.39, 0.29) is 24.4 Å². The van der Waals surface area contributed by atoms with E-state index in [1.54, 1.807) is 16.5 Å². The van der Waals surface area contributed by atoms with Gasteiger partial charge in [0.2, 0.25) is 11.8 Å². The second-order valence-electron chi connectivity index (χ2n) is 11.1. The highest BCUT2D eigenvalue weighted by Gasteiger charge is 2.31. The van der Waals surface area contributed by atoms with Gasteiger partial charge in [-0.05, 0) is 63.9 Å². The summed E-state index contributed by atoms with van der Waals surface area (Å²) in [5.74, 6) is 2.08. The molecule has 0 radical (unpaired) electrons. The van der Waals surface area contributed by atoms with Crippen molar-refractivity contribution in [3.63, 3.8) is 0 Å². The third-order valence-corrected chi connectivity index (χ3v) is 6.82. The molecule has 222 valence electrons. The lowest BCUT2D eigenvalue weighted by Crippen LogP contribution is -2.41. The Balaban J connectivity index is 1.20. The molecule has 0 saturated carbocycles. The minimum atomic E-state index is -4.45. The van der Waals surface area contributed by atoms with Gasteiger partial charge in [-0.3, -0.25) is 0 Å². The van der Waals surface area contributed by atoms with Crippen molar-refractivity contribution in [1.29, 1.82) is 0 Å². The summed E-state index contributed by atoms with van der Waals surface area (Å²) in [6, 6.07) is 12.1. The first-order valence-electron chi connectivity index (χ1n) is 13.5. The van der Waals surface area contributed by atoms with Crippen LogP contribution in [-0.4, -0.2) is 54.6 Å². The van der Waals surface area contributed by atoms with Gasteiger partial charge in [0.1, 0.15) is 18.0 Å². The predicted molar refractivity (Wildman–Crippen MR) is 145 cm³/mol. The van der Waals surface area contributed by atoms with E-state index >= 15 is 0 Å². The molecule has 10 nitrogen and oxygen atoms in total. The number of carbonyl (C=O) groups is 1. The van der Waals surface area contributed by atoms with Crippen LogP contribution in [0.15, 0.2) is 52.9 Å². The fourth-order valence-electron chi connectivity index (χ4n) is 4.56. The number of piperidine rings is 1. The van der Waals surface area contributed by atoms with Gasteiger partial charge in [0.15, 0.2) is 11.6 Å². The number of aromatic nitrogens is 5. The maximum absolute atomic E-state index is 13.0. The van der Waals surface area contributed by atoms with Crippen molar-refractivity contribution < 1.29 is 31.9 Å². The molecule has 3 heterocycles. The lowest BCUT2D eigenvalue weighted by molar-refractivity contribution is -0.137. The van der Waals surface area contributed by atoms with Crippen molar-refractivity contribution >= 4 is 6.09 Å². The number of halogens is 3. The number of hydrogen-bond acceptors (Lipinski definition) is 8. The van der Waals surface area contributed by atoms with Crippen molar-refractivity contribution in [3.05, 3.63) is 65.8 Å². The van der Waals surface area contributed by atoms with Crippen LogP contribution < -0.4 is 4.74 Å². The van der Waals surface area contributed by atoms with E-state index in [1.807, 2.05) is 45.0 Å². The van der Waals surface area contributed by atoms with Gasteiger partial charge in [-0.2, -0.15) is 13.2 Å². The fourth-order valence-corrected chi connectivity index (χ4v) is 4.56. The standard InChI is InChI=1S/C29H31F3N6O4/c1-28(2,3)42-27(39)38-14-12-20(13-15-38)26-36-35-25(41-26)19-10-8-18(9-11-19)24-34-33-23(37(24)4)17-40-22-7-5-6-21(16-22)29(30,31)32/h5-11,16,20H,12-15,17H2,1-4H3. The Labute approximate surface area is 240 Å². The number of amides is 1. The third-order valence-electron chi connectivity index (χ3n) is 6.82. The first-order chi connectivity index (χ1) is 19.9. The van der Waals surface area contributed by atoms with Crippen molar-refractivity contribution in [2.75, 3.05) is 13.1 Å². The van der Waals surface area contributed by atoms with Crippen LogP contribution in [0.5, 0.6) is 5.75 Å². The van der Waals surface area contributed by atoms with Crippen LogP contribution in [0.2, 0.25) is 0 Å². The monoisotopic (exact) mass is 584 g/mol. The summed E-state index contributed by atoms with van der Waals surface area (Å²) >= 11 is 0. The Morgan fingerprint density at radius 3 is 2.33 bits per heavy atom. The van der Waals surface area contributed by atoms with Crippen LogP contribution >= 0.6 is 0 Å². The first-order valence-corrected chi connectivity index (χ1v) is 13.5. The molecule has 1 aliphatic rings. The highest BCUT2D eigenvalue weighted by molar-refractivity contribution is 5.68. The Morgan fingerprint density at radius 1 is 0.976 bits per heavy atom. The molecule has 2 aromatic heterocycles. The van der Waals surface area contributed by atoms with E-state index in [2.05, 4.69) is 20.4 Å². The molecule has 0 aliphatic carbocycles. The van der Waals surface area contributed by atoms with Gasteiger partial charge < -0.3 is 23.4 Å². The SMILES string of the molecule is Cn1c(COc2cccc(C(F)(F)F)c2)nnc1-c1ccc(-c2nnc(C3CCN(C(=O)OC(C)(C)C)CC3)o2)cc1. The van der Waals surface area contributed by atoms with Crippen molar-refractivity contribution in [2.45, 2.75) is 57.9 Å². The predicted octanol–water partition coefficient (Wildman–Crippen LogP) is 6.24. The number of ether oxygens (including phenoxy) is 2. The number of nitrogens with zero attached hydrogens (tertiary/aromatic N) is 6. The van der Waals surface area contributed by atoms with Gasteiger partial charge in [-0.1, -0.05) is 18.2 Å². The quantitative estimate of drug-likeness (QED) is 0.262. The molecule has 0 bridgehead atoms. The fraction of sp³-hybridized carbons (Fsp3) is 0.414. The molecule has 4 aromatic rings. The number of likely N-dealkylation sites (tertiary alicyclic amines) is 1. The highest BCUT2D eigenvalue weighted by atomic mass is 19.4. The Hall–Kier alpha value is -4.42. The van der Waals surface area contributed by atoms with Gasteiger partial charge in [-0.25, -0.2) is 4.79 Å². The van der Waals surface area contributed by atoms with Crippen LogP contribution in [-0.2, 0) is 24.6 Å². The summed E-state index contributed by atoms with van der Waals surface area (Å²) in [5, 5.41) is 16.8. The largest absolute Gasteiger partial charge is 0.486 e. The molecule has 1 saturated heterocycles. The molecule has 0 N–H and O–H groups in total. The molecule has 0 unspecified atom stereocenters. The van der Waals surface area contributed by atoms with E-state index in [0.717, 1.165) is 23.3 Å². The molecule has 2 aromatic carbocycles. The summed E-state index contributed by atoms with van der Waals surface area (Å²) in [5.41, 5.74) is 0.187. The Morgan fingerprint density at radius 2 is 1.67 bits per heavy atom. The van der Waals surface area contributed by atoms with E-state index in [1.165, 1.54) is 12.1 Å². The van der Waals surface area contributed by atoms with Crippen molar-refractivity contribution in [1.82, 2.24) is 29.9 Å². The van der Waals surface area contributed by atoms with Crippen LogP contribution in [0.1, 0.15) is 56.8 Å². The second-order valence-corrected chi connectivity index (χ2v) is 11.1. The lowest BCUT2D eigenvalue weighted by atomic mass is 9.97. The smallest absolute Gasteiger partial charge is 0.416 e. The van der Waals surface area contributed by atoms with Gasteiger partial charge in [-0.15, -0.1) is 20.4 Å². The average molecular weight is 585 g/mol. The number of carbonyl (C=O) groups excluding carboxylic acids is 1. The molecular weight excluding hydrogens is 553 g/mol. The summed E-state index contributed by atoms with van der Waals surface area (Å²) < 4.78 is 57.6. The van der Waals surface area contributed by atoms with Gasteiger partial charge in [0.25, 0.3) is 0 Å². The zero-order valence-electron chi connectivity index (χ0n) is 23.7. The molecular formula is C29H31F3N6O4. The first kappa shape index (κ1) is 29.1.